The molecule has 1 heterocycles. The molecule has 0 unspecified atom stereocenters. The van der Waals surface area contributed by atoms with Crippen LogP contribution in [0.4, 0.5) is 0 Å². The van der Waals surface area contributed by atoms with Crippen LogP contribution in [0.5, 0.6) is 0 Å². The fraction of sp³-hybridized carbons (Fsp3) is 1.00. The molecule has 3 nitrogen and oxygen atoms in total. The highest BCUT2D eigenvalue weighted by molar-refractivity contribution is 4.61. The minimum Gasteiger partial charge on any atom is -0.379 e. The highest BCUT2D eigenvalue weighted by atomic mass is 16.5. The van der Waals surface area contributed by atoms with E-state index in [4.69, 9.17) is 4.74 Å². The number of unbranched alkanes of at least 4 members (excludes halogenated alkanes) is 1. The van der Waals surface area contributed by atoms with Crippen molar-refractivity contribution < 1.29 is 4.74 Å². The van der Waals surface area contributed by atoms with Gasteiger partial charge in [0.1, 0.15) is 0 Å². The van der Waals surface area contributed by atoms with E-state index in [-0.39, 0.29) is 0 Å². The van der Waals surface area contributed by atoms with Gasteiger partial charge in [-0.2, -0.15) is 0 Å². The maximum atomic E-state index is 5.27. The maximum absolute atomic E-state index is 5.27. The Morgan fingerprint density at radius 2 is 1.79 bits per heavy atom. The van der Waals surface area contributed by atoms with E-state index in [1.165, 1.54) is 19.4 Å². The Hall–Kier alpha value is -0.120. The van der Waals surface area contributed by atoms with Crippen LogP contribution in [0.3, 0.4) is 0 Å². The van der Waals surface area contributed by atoms with Crippen molar-refractivity contribution in [1.82, 2.24) is 10.2 Å². The molecule has 1 saturated heterocycles. The van der Waals surface area contributed by atoms with E-state index in [1.807, 2.05) is 20.9 Å². The zero-order valence-electron chi connectivity index (χ0n) is 10.0. The van der Waals surface area contributed by atoms with E-state index in [0.29, 0.717) is 0 Å². The molecule has 0 atom stereocenters. The van der Waals surface area contributed by atoms with Gasteiger partial charge in [-0.1, -0.05) is 13.8 Å². The van der Waals surface area contributed by atoms with Gasteiger partial charge in [0.25, 0.3) is 0 Å². The molecule has 0 amide bonds. The predicted octanol–water partition coefficient (Wildman–Crippen LogP) is 1.34. The summed E-state index contributed by atoms with van der Waals surface area (Å²) in [6, 6.07) is 0. The van der Waals surface area contributed by atoms with Gasteiger partial charge in [0.15, 0.2) is 0 Å². The summed E-state index contributed by atoms with van der Waals surface area (Å²) in [5.74, 6) is 0. The topological polar surface area (TPSA) is 24.5 Å². The zero-order valence-corrected chi connectivity index (χ0v) is 10.0. The lowest BCUT2D eigenvalue weighted by Gasteiger charge is -2.26. The molecule has 1 aliphatic heterocycles. The Morgan fingerprint density at radius 3 is 2.36 bits per heavy atom. The van der Waals surface area contributed by atoms with Crippen molar-refractivity contribution in [3.8, 4) is 0 Å². The number of morpholine rings is 1. The Morgan fingerprint density at radius 1 is 1.14 bits per heavy atom. The Labute approximate surface area is 88.8 Å². The first-order valence-electron chi connectivity index (χ1n) is 5.88. The van der Waals surface area contributed by atoms with E-state index in [0.717, 1.165) is 32.8 Å². The number of nitrogens with one attached hydrogen (secondary N) is 1. The molecule has 0 bridgehead atoms. The van der Waals surface area contributed by atoms with Crippen LogP contribution in [0.25, 0.3) is 0 Å². The molecule has 0 aromatic carbocycles. The summed E-state index contributed by atoms with van der Waals surface area (Å²) in [6.07, 6.45) is 2.59. The molecule has 0 saturated carbocycles. The molecule has 0 aromatic rings. The van der Waals surface area contributed by atoms with Gasteiger partial charge in [-0.25, -0.2) is 0 Å². The van der Waals surface area contributed by atoms with E-state index < -0.39 is 0 Å². The Balaban J connectivity index is 0.000000791. The van der Waals surface area contributed by atoms with Crippen molar-refractivity contribution >= 4 is 0 Å². The van der Waals surface area contributed by atoms with Crippen LogP contribution in [-0.4, -0.2) is 51.3 Å². The quantitative estimate of drug-likeness (QED) is 0.681. The molecule has 3 heteroatoms. The van der Waals surface area contributed by atoms with Gasteiger partial charge < -0.3 is 10.1 Å². The monoisotopic (exact) mass is 202 g/mol. The largest absolute Gasteiger partial charge is 0.379 e. The van der Waals surface area contributed by atoms with Crippen LogP contribution < -0.4 is 5.32 Å². The third-order valence-corrected chi connectivity index (χ3v) is 2.25. The van der Waals surface area contributed by atoms with Crippen molar-refractivity contribution in [2.45, 2.75) is 26.7 Å². The van der Waals surface area contributed by atoms with E-state index in [9.17, 15) is 0 Å². The van der Waals surface area contributed by atoms with Crippen LogP contribution in [0, 0.1) is 0 Å². The second kappa shape index (κ2) is 11.0. The number of rotatable bonds is 5. The van der Waals surface area contributed by atoms with Gasteiger partial charge in [0, 0.05) is 13.1 Å². The second-order valence-corrected chi connectivity index (χ2v) is 3.26. The lowest BCUT2D eigenvalue weighted by Crippen LogP contribution is -2.36. The van der Waals surface area contributed by atoms with Crippen molar-refractivity contribution in [1.29, 1.82) is 0 Å². The lowest BCUT2D eigenvalue weighted by atomic mass is 10.3. The first-order chi connectivity index (χ1) is 6.93. The molecular formula is C11H26N2O. The third-order valence-electron chi connectivity index (χ3n) is 2.25. The molecule has 1 rings (SSSR count). The van der Waals surface area contributed by atoms with E-state index in [2.05, 4.69) is 10.2 Å². The standard InChI is InChI=1S/C9H20N2O.C2H6/c1-10-4-2-3-5-11-6-8-12-9-7-11;1-2/h10H,2-9H2,1H3;1-2H3. The van der Waals surface area contributed by atoms with Crippen LogP contribution in [-0.2, 0) is 4.74 Å². The van der Waals surface area contributed by atoms with Gasteiger partial charge in [0.2, 0.25) is 0 Å². The number of nitrogens with zero attached hydrogens (tertiary/aromatic N) is 1. The van der Waals surface area contributed by atoms with Crippen molar-refractivity contribution in [3.63, 3.8) is 0 Å². The SMILES string of the molecule is CC.CNCCCCN1CCOCC1. The molecule has 14 heavy (non-hydrogen) atoms. The second-order valence-electron chi connectivity index (χ2n) is 3.26. The zero-order chi connectivity index (χ0) is 10.6. The van der Waals surface area contributed by atoms with Gasteiger partial charge >= 0.3 is 0 Å². The van der Waals surface area contributed by atoms with E-state index >= 15 is 0 Å². The summed E-state index contributed by atoms with van der Waals surface area (Å²) in [7, 11) is 2.01. The molecule has 1 fully saturated rings. The van der Waals surface area contributed by atoms with Crippen LogP contribution in [0.1, 0.15) is 26.7 Å². The van der Waals surface area contributed by atoms with Gasteiger partial charge in [-0.3, -0.25) is 4.90 Å². The van der Waals surface area contributed by atoms with Gasteiger partial charge in [0.05, 0.1) is 13.2 Å². The van der Waals surface area contributed by atoms with Crippen molar-refractivity contribution in [2.24, 2.45) is 0 Å². The Bertz CT molecular complexity index is 103. The number of ether oxygens (including phenoxy) is 1. The summed E-state index contributed by atoms with van der Waals surface area (Å²) in [5.41, 5.74) is 0. The molecule has 0 aliphatic carbocycles. The van der Waals surface area contributed by atoms with Gasteiger partial charge in [-0.05, 0) is 33.0 Å². The molecular weight excluding hydrogens is 176 g/mol. The molecule has 86 valence electrons. The minimum absolute atomic E-state index is 0.923. The summed E-state index contributed by atoms with van der Waals surface area (Å²) in [6.45, 7) is 10.5. The molecule has 0 spiro atoms. The lowest BCUT2D eigenvalue weighted by molar-refractivity contribution is 0.0372. The van der Waals surface area contributed by atoms with E-state index in [1.54, 1.807) is 0 Å². The van der Waals surface area contributed by atoms with Crippen LogP contribution in [0.15, 0.2) is 0 Å². The fourth-order valence-corrected chi connectivity index (χ4v) is 1.46. The first-order valence-corrected chi connectivity index (χ1v) is 5.88. The summed E-state index contributed by atoms with van der Waals surface area (Å²) in [4.78, 5) is 2.49. The smallest absolute Gasteiger partial charge is 0.0594 e. The van der Waals surface area contributed by atoms with Crippen molar-refractivity contribution in [2.75, 3.05) is 46.4 Å². The highest BCUT2D eigenvalue weighted by Gasteiger charge is 2.08. The first kappa shape index (κ1) is 13.9. The predicted molar refractivity (Wildman–Crippen MR) is 61.8 cm³/mol. The maximum Gasteiger partial charge on any atom is 0.0594 e. The molecule has 1 aliphatic rings. The number of hydrogen-bond donors (Lipinski definition) is 1. The average Bonchev–Trinajstić information content (AvgIpc) is 2.29. The molecule has 1 N–H and O–H groups in total. The average molecular weight is 202 g/mol. The van der Waals surface area contributed by atoms with Crippen LogP contribution in [0.2, 0.25) is 0 Å². The van der Waals surface area contributed by atoms with Crippen LogP contribution >= 0.6 is 0 Å². The normalized spacial score (nSPS) is 17.4. The van der Waals surface area contributed by atoms with Gasteiger partial charge in [-0.15, -0.1) is 0 Å². The minimum atomic E-state index is 0.923. The highest BCUT2D eigenvalue weighted by Crippen LogP contribution is 1.99. The Kier molecular flexibility index (Phi) is 10.9. The van der Waals surface area contributed by atoms with Crippen molar-refractivity contribution in [3.05, 3.63) is 0 Å². The summed E-state index contributed by atoms with van der Waals surface area (Å²) < 4.78 is 5.27. The summed E-state index contributed by atoms with van der Waals surface area (Å²) in [5, 5.41) is 3.16. The third kappa shape index (κ3) is 7.30. The molecule has 0 radical (unpaired) electrons. The molecule has 0 aromatic heterocycles. The fourth-order valence-electron chi connectivity index (χ4n) is 1.46. The number of hydrogen-bond acceptors (Lipinski definition) is 3. The summed E-state index contributed by atoms with van der Waals surface area (Å²) >= 11 is 0.